The van der Waals surface area contributed by atoms with E-state index in [4.69, 9.17) is 10.5 Å². The number of nitrogens with one attached hydrogen (secondary N) is 3. The van der Waals surface area contributed by atoms with E-state index in [1.165, 1.54) is 11.8 Å². The lowest BCUT2D eigenvalue weighted by Crippen LogP contribution is -2.39. The highest BCUT2D eigenvalue weighted by Crippen LogP contribution is 2.32. The minimum Gasteiger partial charge on any atom is -0.495 e. The molecule has 2 heterocycles. The minimum atomic E-state index is -0.618. The Bertz CT molecular complexity index is 1090. The number of hydrogen-bond donors (Lipinski definition) is 4. The number of hydrogen-bond acceptors (Lipinski definition) is 7. The molecule has 2 aromatic carbocycles. The predicted molar refractivity (Wildman–Crippen MR) is 120 cm³/mol. The van der Waals surface area contributed by atoms with E-state index in [1.54, 1.807) is 7.11 Å². The number of aromatic nitrogens is 2. The number of benzene rings is 2. The summed E-state index contributed by atoms with van der Waals surface area (Å²) in [6, 6.07) is 13.5. The van der Waals surface area contributed by atoms with Gasteiger partial charge in [-0.15, -0.1) is 0 Å². The Kier molecular flexibility index (Phi) is 5.82. The second-order valence-electron chi connectivity index (χ2n) is 6.86. The lowest BCUT2D eigenvalue weighted by atomic mass is 9.93. The van der Waals surface area contributed by atoms with Crippen LogP contribution in [0.2, 0.25) is 0 Å². The van der Waals surface area contributed by atoms with Crippen LogP contribution >= 0.6 is 15.9 Å². The van der Waals surface area contributed by atoms with E-state index in [0.717, 1.165) is 28.9 Å². The van der Waals surface area contributed by atoms with Crippen LogP contribution in [0.5, 0.6) is 5.75 Å². The van der Waals surface area contributed by atoms with Crippen LogP contribution in [0.25, 0.3) is 0 Å². The number of ether oxygens (including phenoxy) is 1. The van der Waals surface area contributed by atoms with E-state index < -0.39 is 5.91 Å². The highest BCUT2D eigenvalue weighted by atomic mass is 79.9. The molecule has 0 aliphatic carbocycles. The van der Waals surface area contributed by atoms with Crippen molar-refractivity contribution in [2.75, 3.05) is 30.8 Å². The number of nitrogens with zero attached hydrogens (tertiary/aromatic N) is 2. The van der Waals surface area contributed by atoms with Gasteiger partial charge in [-0.1, -0.05) is 18.2 Å². The van der Waals surface area contributed by atoms with Crippen molar-refractivity contribution < 1.29 is 9.53 Å². The minimum absolute atomic E-state index is 0.191. The average molecular weight is 469 g/mol. The number of halogens is 1. The van der Waals surface area contributed by atoms with Crippen LogP contribution in [0.3, 0.4) is 0 Å². The van der Waals surface area contributed by atoms with Crippen LogP contribution in [0.1, 0.15) is 21.8 Å². The van der Waals surface area contributed by atoms with Crippen LogP contribution < -0.4 is 26.4 Å². The van der Waals surface area contributed by atoms with Gasteiger partial charge in [-0.25, -0.2) is 4.98 Å². The van der Waals surface area contributed by atoms with E-state index in [0.29, 0.717) is 23.4 Å². The molecule has 9 heteroatoms. The van der Waals surface area contributed by atoms with Gasteiger partial charge in [0.2, 0.25) is 5.95 Å². The molecule has 8 nitrogen and oxygen atoms in total. The fraction of sp³-hybridized carbons (Fsp3) is 0.190. The van der Waals surface area contributed by atoms with Crippen LogP contribution in [-0.2, 0) is 0 Å². The zero-order valence-electron chi connectivity index (χ0n) is 16.3. The lowest BCUT2D eigenvalue weighted by Gasteiger charge is -2.28. The second-order valence-corrected chi connectivity index (χ2v) is 7.72. The van der Waals surface area contributed by atoms with Crippen molar-refractivity contribution in [2.24, 2.45) is 5.73 Å². The quantitative estimate of drug-likeness (QED) is 0.419. The summed E-state index contributed by atoms with van der Waals surface area (Å²) >= 11 is 3.48. The zero-order chi connectivity index (χ0) is 21.1. The van der Waals surface area contributed by atoms with Gasteiger partial charge in [-0.3, -0.25) is 4.79 Å². The summed E-state index contributed by atoms with van der Waals surface area (Å²) in [7, 11) is 1.63. The Hall–Kier alpha value is -3.17. The molecule has 30 heavy (non-hydrogen) atoms. The fourth-order valence-corrected chi connectivity index (χ4v) is 3.50. The summed E-state index contributed by atoms with van der Waals surface area (Å²) in [5.74, 6) is 1.20. The number of carbonyl (C=O) groups excluding carboxylic acids is 1. The molecule has 0 radical (unpaired) electrons. The first kappa shape index (κ1) is 20.1. The Morgan fingerprint density at radius 1 is 1.20 bits per heavy atom. The number of para-hydroxylation sites is 1. The average Bonchev–Trinajstić information content (AvgIpc) is 2.69. The Labute approximate surface area is 182 Å². The van der Waals surface area contributed by atoms with Crippen molar-refractivity contribution >= 4 is 45.0 Å². The second kappa shape index (κ2) is 8.68. The summed E-state index contributed by atoms with van der Waals surface area (Å²) < 4.78 is 6.38. The predicted octanol–water partition coefficient (Wildman–Crippen LogP) is 3.52. The highest BCUT2D eigenvalue weighted by Gasteiger charge is 2.20. The number of amides is 1. The zero-order valence-corrected chi connectivity index (χ0v) is 17.9. The molecule has 5 N–H and O–H groups in total. The third-order valence-corrected chi connectivity index (χ3v) is 5.60. The molecule has 4 rings (SSSR count). The monoisotopic (exact) mass is 468 g/mol. The number of methoxy groups -OCH3 is 1. The molecular formula is C21H21BrN6O2. The normalized spacial score (nSPS) is 13.4. The molecule has 154 valence electrons. The fourth-order valence-electron chi connectivity index (χ4n) is 3.12. The third-order valence-electron chi connectivity index (χ3n) is 4.91. The summed E-state index contributed by atoms with van der Waals surface area (Å²) in [6.45, 7) is 1.94. The Balaban J connectivity index is 1.63. The molecule has 0 unspecified atom stereocenters. The van der Waals surface area contributed by atoms with Gasteiger partial charge in [0.05, 0.1) is 18.5 Å². The van der Waals surface area contributed by atoms with E-state index in [1.807, 2.05) is 36.4 Å². The summed E-state index contributed by atoms with van der Waals surface area (Å²) in [5, 5.41) is 9.58. The molecule has 0 spiro atoms. The Morgan fingerprint density at radius 2 is 2.00 bits per heavy atom. The maximum atomic E-state index is 11.8. The van der Waals surface area contributed by atoms with Gasteiger partial charge in [0.15, 0.2) is 0 Å². The van der Waals surface area contributed by atoms with Gasteiger partial charge in [-0.2, -0.15) is 4.98 Å². The number of nitrogens with two attached hydrogens (primary N) is 1. The number of primary amides is 1. The van der Waals surface area contributed by atoms with Crippen LogP contribution in [0.15, 0.2) is 53.1 Å². The molecular weight excluding hydrogens is 448 g/mol. The van der Waals surface area contributed by atoms with Gasteiger partial charge in [0.1, 0.15) is 17.1 Å². The van der Waals surface area contributed by atoms with Gasteiger partial charge < -0.3 is 26.4 Å². The molecule has 1 aliphatic rings. The van der Waals surface area contributed by atoms with Gasteiger partial charge in [0.25, 0.3) is 5.91 Å². The number of carbonyl (C=O) groups is 1. The first-order valence-corrected chi connectivity index (χ1v) is 10.2. The van der Waals surface area contributed by atoms with Crippen molar-refractivity contribution in [2.45, 2.75) is 5.92 Å². The van der Waals surface area contributed by atoms with Gasteiger partial charge in [0, 0.05) is 29.7 Å². The topological polar surface area (TPSA) is 114 Å². The van der Waals surface area contributed by atoms with Crippen molar-refractivity contribution in [1.82, 2.24) is 15.3 Å². The Morgan fingerprint density at radius 3 is 2.67 bits per heavy atom. The largest absolute Gasteiger partial charge is 0.495 e. The van der Waals surface area contributed by atoms with Gasteiger partial charge in [-0.05, 0) is 45.8 Å². The molecule has 0 saturated carbocycles. The molecule has 1 aromatic heterocycles. The summed E-state index contributed by atoms with van der Waals surface area (Å²) in [4.78, 5) is 20.6. The number of anilines is 4. The van der Waals surface area contributed by atoms with Crippen LogP contribution in [0.4, 0.5) is 23.1 Å². The van der Waals surface area contributed by atoms with E-state index >= 15 is 0 Å². The van der Waals surface area contributed by atoms with E-state index in [9.17, 15) is 4.79 Å². The van der Waals surface area contributed by atoms with Crippen LogP contribution in [0, 0.1) is 0 Å². The van der Waals surface area contributed by atoms with Crippen molar-refractivity contribution in [1.29, 1.82) is 0 Å². The summed E-state index contributed by atoms with van der Waals surface area (Å²) in [6.07, 6.45) is 1.40. The molecule has 3 aromatic rings. The molecule has 1 amide bonds. The molecule has 0 bridgehead atoms. The first-order valence-electron chi connectivity index (χ1n) is 9.39. The first-order chi connectivity index (χ1) is 14.5. The van der Waals surface area contributed by atoms with Crippen molar-refractivity contribution in [3.05, 3.63) is 64.3 Å². The smallest absolute Gasteiger partial charge is 0.254 e. The molecule has 1 fully saturated rings. The van der Waals surface area contributed by atoms with Crippen molar-refractivity contribution in [3.63, 3.8) is 0 Å². The van der Waals surface area contributed by atoms with E-state index in [-0.39, 0.29) is 5.56 Å². The molecule has 1 aliphatic heterocycles. The highest BCUT2D eigenvalue weighted by molar-refractivity contribution is 9.10. The summed E-state index contributed by atoms with van der Waals surface area (Å²) in [5.41, 5.74) is 8.39. The standard InChI is InChI=1S/C21H21BrN6O2/c1-30-18-8-12(13-9-24-10-13)6-7-17(18)27-21-25-11-14(19(23)29)20(28-21)26-16-5-3-2-4-15(16)22/h2-8,11,13,24H,9-10H2,1H3,(H2,23,29)(H2,25,26,27,28). The molecule has 1 saturated heterocycles. The van der Waals surface area contributed by atoms with Crippen molar-refractivity contribution in [3.8, 4) is 5.75 Å². The third kappa shape index (κ3) is 4.22. The van der Waals surface area contributed by atoms with E-state index in [2.05, 4.69) is 47.9 Å². The molecule has 0 atom stereocenters. The van der Waals surface area contributed by atoms with Gasteiger partial charge >= 0.3 is 0 Å². The van der Waals surface area contributed by atoms with Crippen LogP contribution in [-0.4, -0.2) is 36.1 Å². The maximum Gasteiger partial charge on any atom is 0.254 e. The maximum absolute atomic E-state index is 11.8. The number of rotatable bonds is 7. The lowest BCUT2D eigenvalue weighted by molar-refractivity contribution is 0.100. The SMILES string of the molecule is COc1cc(C2CNC2)ccc1Nc1ncc(C(N)=O)c(Nc2ccccc2Br)n1.